The van der Waals surface area contributed by atoms with Crippen LogP contribution in [0, 0.1) is 13.8 Å². The van der Waals surface area contributed by atoms with Crippen molar-refractivity contribution in [3.63, 3.8) is 0 Å². The molecule has 0 amide bonds. The molecule has 1 aromatic carbocycles. The van der Waals surface area contributed by atoms with Gasteiger partial charge in [-0.25, -0.2) is 0 Å². The molecule has 0 N–H and O–H groups in total. The van der Waals surface area contributed by atoms with Gasteiger partial charge >= 0.3 is 0 Å². The van der Waals surface area contributed by atoms with Crippen molar-refractivity contribution >= 4 is 27.5 Å². The fourth-order valence-corrected chi connectivity index (χ4v) is 2.15. The van der Waals surface area contributed by atoms with Crippen LogP contribution in [0.2, 0.25) is 5.02 Å². The van der Waals surface area contributed by atoms with Gasteiger partial charge in [0.05, 0.1) is 5.02 Å². The second-order valence-electron chi connectivity index (χ2n) is 2.95. The van der Waals surface area contributed by atoms with Gasteiger partial charge in [-0.3, -0.25) is 0 Å². The normalized spacial score (nSPS) is 10.4. The fraction of sp³-hybridized carbons (Fsp3) is 0.400. The third-order valence-corrected chi connectivity index (χ3v) is 3.71. The van der Waals surface area contributed by atoms with Gasteiger partial charge in [0.25, 0.3) is 0 Å². The smallest absolute Gasteiger partial charge is 0.0553 e. The van der Waals surface area contributed by atoms with Gasteiger partial charge in [-0.15, -0.1) is 0 Å². The van der Waals surface area contributed by atoms with Gasteiger partial charge < -0.3 is 0 Å². The molecular weight excluding hydrogens is 235 g/mol. The monoisotopic (exact) mass is 246 g/mol. The van der Waals surface area contributed by atoms with Crippen LogP contribution >= 0.6 is 27.5 Å². The zero-order chi connectivity index (χ0) is 9.30. The zero-order valence-electron chi connectivity index (χ0n) is 7.54. The largest absolute Gasteiger partial charge is 0.0831 e. The van der Waals surface area contributed by atoms with E-state index in [0.717, 1.165) is 15.9 Å². The molecule has 12 heavy (non-hydrogen) atoms. The maximum Gasteiger partial charge on any atom is 0.0553 e. The van der Waals surface area contributed by atoms with Crippen LogP contribution in [0.5, 0.6) is 0 Å². The van der Waals surface area contributed by atoms with E-state index in [4.69, 9.17) is 11.6 Å². The first-order chi connectivity index (χ1) is 5.57. The highest BCUT2D eigenvalue weighted by molar-refractivity contribution is 9.10. The number of halogens is 2. The van der Waals surface area contributed by atoms with Crippen molar-refractivity contribution in [2.45, 2.75) is 27.2 Å². The maximum atomic E-state index is 6.00. The lowest BCUT2D eigenvalue weighted by molar-refractivity contribution is 1.07. The van der Waals surface area contributed by atoms with E-state index in [9.17, 15) is 0 Å². The Bertz CT molecular complexity index is 305. The third kappa shape index (κ3) is 1.67. The van der Waals surface area contributed by atoms with Crippen LogP contribution in [0.25, 0.3) is 0 Å². The molecular formula is C10H12BrCl. The summed E-state index contributed by atoms with van der Waals surface area (Å²) in [5.74, 6) is 0. The van der Waals surface area contributed by atoms with Crippen molar-refractivity contribution in [1.29, 1.82) is 0 Å². The van der Waals surface area contributed by atoms with Gasteiger partial charge in [-0.2, -0.15) is 0 Å². The summed E-state index contributed by atoms with van der Waals surface area (Å²) in [4.78, 5) is 0. The second kappa shape index (κ2) is 3.80. The highest BCUT2D eigenvalue weighted by Crippen LogP contribution is 2.30. The summed E-state index contributed by atoms with van der Waals surface area (Å²) < 4.78 is 1.03. The van der Waals surface area contributed by atoms with Crippen LogP contribution in [-0.4, -0.2) is 0 Å². The lowest BCUT2D eigenvalue weighted by atomic mass is 10.0. The quantitative estimate of drug-likeness (QED) is 0.695. The summed E-state index contributed by atoms with van der Waals surface area (Å²) in [6, 6.07) is 2.01. The summed E-state index contributed by atoms with van der Waals surface area (Å²) in [6.45, 7) is 6.36. The Kier molecular flexibility index (Phi) is 3.19. The predicted octanol–water partition coefficient (Wildman–Crippen LogP) is 4.28. The summed E-state index contributed by atoms with van der Waals surface area (Å²) >= 11 is 9.47. The Morgan fingerprint density at radius 2 is 2.00 bits per heavy atom. The molecule has 0 aliphatic heterocycles. The van der Waals surface area contributed by atoms with Crippen LogP contribution in [0.3, 0.4) is 0 Å². The number of benzene rings is 1. The van der Waals surface area contributed by atoms with E-state index in [2.05, 4.69) is 36.7 Å². The lowest BCUT2D eigenvalue weighted by Gasteiger charge is -2.10. The predicted molar refractivity (Wildman–Crippen MR) is 58.0 cm³/mol. The topological polar surface area (TPSA) is 0 Å². The SMILES string of the molecule is CCc1c(C)cc(Cl)c(Br)c1C. The molecule has 0 saturated heterocycles. The molecule has 0 saturated carbocycles. The van der Waals surface area contributed by atoms with Gasteiger partial charge in [0.1, 0.15) is 0 Å². The average molecular weight is 248 g/mol. The van der Waals surface area contributed by atoms with Crippen molar-refractivity contribution in [3.8, 4) is 0 Å². The summed E-state index contributed by atoms with van der Waals surface area (Å²) in [5, 5.41) is 0.808. The Hall–Kier alpha value is -0.0100. The molecule has 0 unspecified atom stereocenters. The van der Waals surface area contributed by atoms with E-state index < -0.39 is 0 Å². The number of aryl methyl sites for hydroxylation is 1. The van der Waals surface area contributed by atoms with Crippen molar-refractivity contribution in [1.82, 2.24) is 0 Å². The van der Waals surface area contributed by atoms with E-state index in [1.54, 1.807) is 0 Å². The van der Waals surface area contributed by atoms with Crippen LogP contribution in [0.15, 0.2) is 10.5 Å². The minimum atomic E-state index is 0.808. The minimum absolute atomic E-state index is 0.808. The maximum absolute atomic E-state index is 6.00. The average Bonchev–Trinajstić information content (AvgIpc) is 2.01. The highest BCUT2D eigenvalue weighted by atomic mass is 79.9. The summed E-state index contributed by atoms with van der Waals surface area (Å²) in [6.07, 6.45) is 1.06. The molecule has 0 radical (unpaired) electrons. The van der Waals surface area contributed by atoms with Crippen LogP contribution in [0.4, 0.5) is 0 Å². The zero-order valence-corrected chi connectivity index (χ0v) is 9.88. The van der Waals surface area contributed by atoms with E-state index >= 15 is 0 Å². The molecule has 0 atom stereocenters. The van der Waals surface area contributed by atoms with Crippen molar-refractivity contribution in [2.75, 3.05) is 0 Å². The number of hydrogen-bond donors (Lipinski definition) is 0. The molecule has 0 aromatic heterocycles. The van der Waals surface area contributed by atoms with Gasteiger partial charge in [0, 0.05) is 4.47 Å². The van der Waals surface area contributed by atoms with Crippen molar-refractivity contribution in [3.05, 3.63) is 32.3 Å². The van der Waals surface area contributed by atoms with Gasteiger partial charge in [0.15, 0.2) is 0 Å². The van der Waals surface area contributed by atoms with Crippen molar-refractivity contribution in [2.24, 2.45) is 0 Å². The first-order valence-corrected chi connectivity index (χ1v) is 5.19. The van der Waals surface area contributed by atoms with Crippen LogP contribution in [0.1, 0.15) is 23.6 Å². The van der Waals surface area contributed by atoms with Gasteiger partial charge in [-0.05, 0) is 59.0 Å². The Morgan fingerprint density at radius 1 is 1.42 bits per heavy atom. The standard InChI is InChI=1S/C10H12BrCl/c1-4-8-6(2)5-9(12)10(11)7(8)3/h5H,4H2,1-3H3. The summed E-state index contributed by atoms with van der Waals surface area (Å²) in [7, 11) is 0. The molecule has 1 aromatic rings. The Morgan fingerprint density at radius 3 is 2.50 bits per heavy atom. The van der Waals surface area contributed by atoms with E-state index in [0.29, 0.717) is 0 Å². The minimum Gasteiger partial charge on any atom is -0.0831 e. The van der Waals surface area contributed by atoms with Crippen LogP contribution in [-0.2, 0) is 6.42 Å². The number of rotatable bonds is 1. The Balaban J connectivity index is 3.40. The highest BCUT2D eigenvalue weighted by Gasteiger charge is 2.07. The molecule has 0 heterocycles. The molecule has 0 fully saturated rings. The van der Waals surface area contributed by atoms with E-state index in [1.165, 1.54) is 16.7 Å². The first kappa shape index (κ1) is 10.1. The summed E-state index contributed by atoms with van der Waals surface area (Å²) in [5.41, 5.74) is 3.94. The second-order valence-corrected chi connectivity index (χ2v) is 4.15. The van der Waals surface area contributed by atoms with Gasteiger partial charge in [0.2, 0.25) is 0 Å². The fourth-order valence-electron chi connectivity index (χ4n) is 1.49. The Labute approximate surface area is 87.1 Å². The molecule has 1 rings (SSSR count). The molecule has 0 nitrogen and oxygen atoms in total. The molecule has 0 aliphatic rings. The van der Waals surface area contributed by atoms with Crippen molar-refractivity contribution < 1.29 is 0 Å². The molecule has 2 heteroatoms. The van der Waals surface area contributed by atoms with Crippen LogP contribution < -0.4 is 0 Å². The molecule has 0 spiro atoms. The molecule has 0 aliphatic carbocycles. The third-order valence-electron chi connectivity index (χ3n) is 2.16. The van der Waals surface area contributed by atoms with Gasteiger partial charge in [-0.1, -0.05) is 18.5 Å². The van der Waals surface area contributed by atoms with E-state index in [-0.39, 0.29) is 0 Å². The molecule has 66 valence electrons. The molecule has 0 bridgehead atoms. The lowest BCUT2D eigenvalue weighted by Crippen LogP contribution is -1.93. The van der Waals surface area contributed by atoms with E-state index in [1.807, 2.05) is 6.07 Å². The number of hydrogen-bond acceptors (Lipinski definition) is 0. The first-order valence-electron chi connectivity index (χ1n) is 4.02.